The second-order valence-corrected chi connectivity index (χ2v) is 6.97. The van der Waals surface area contributed by atoms with Crippen molar-refractivity contribution in [2.45, 2.75) is 20.4 Å². The number of carbonyl (C=O) groups is 1. The molecular formula is C22H22ClN3O2. The predicted molar refractivity (Wildman–Crippen MR) is 113 cm³/mol. The van der Waals surface area contributed by atoms with Gasteiger partial charge in [0.2, 0.25) is 0 Å². The maximum absolute atomic E-state index is 12.7. The van der Waals surface area contributed by atoms with Crippen LogP contribution in [0.5, 0.6) is 5.75 Å². The van der Waals surface area contributed by atoms with Crippen LogP contribution < -0.4 is 15.4 Å². The number of methoxy groups -OCH3 is 1. The maximum atomic E-state index is 12.7. The highest BCUT2D eigenvalue weighted by atomic mass is 35.5. The summed E-state index contributed by atoms with van der Waals surface area (Å²) in [5, 5.41) is 6.75. The van der Waals surface area contributed by atoms with Crippen molar-refractivity contribution >= 4 is 28.9 Å². The number of halogens is 1. The lowest BCUT2D eigenvalue weighted by Crippen LogP contribution is -2.13. The highest BCUT2D eigenvalue weighted by Gasteiger charge is 2.13. The van der Waals surface area contributed by atoms with Gasteiger partial charge in [-0.1, -0.05) is 41.4 Å². The molecule has 2 aromatic carbocycles. The molecular weight excluding hydrogens is 374 g/mol. The number of aromatic nitrogens is 1. The van der Waals surface area contributed by atoms with Crippen molar-refractivity contribution in [1.29, 1.82) is 0 Å². The maximum Gasteiger partial charge on any atom is 0.257 e. The largest absolute Gasteiger partial charge is 0.495 e. The molecule has 0 saturated carbocycles. The molecule has 0 spiro atoms. The lowest BCUT2D eigenvalue weighted by Gasteiger charge is -2.13. The van der Waals surface area contributed by atoms with E-state index >= 15 is 0 Å². The first-order valence-electron chi connectivity index (χ1n) is 8.86. The highest BCUT2D eigenvalue weighted by Crippen LogP contribution is 2.31. The number of benzene rings is 2. The Labute approximate surface area is 169 Å². The Balaban J connectivity index is 1.73. The van der Waals surface area contributed by atoms with Crippen LogP contribution in [0.1, 0.15) is 27.0 Å². The number of pyridine rings is 1. The van der Waals surface area contributed by atoms with Crippen molar-refractivity contribution in [3.05, 3.63) is 82.1 Å². The molecule has 0 aliphatic heterocycles. The van der Waals surface area contributed by atoms with Crippen LogP contribution in [0.2, 0.25) is 5.02 Å². The molecule has 1 heterocycles. The number of hydrogen-bond donors (Lipinski definition) is 2. The Bertz CT molecular complexity index is 1000. The quantitative estimate of drug-likeness (QED) is 0.600. The molecule has 0 aliphatic rings. The van der Waals surface area contributed by atoms with Gasteiger partial charge < -0.3 is 15.4 Å². The normalized spacial score (nSPS) is 10.4. The van der Waals surface area contributed by atoms with Crippen LogP contribution in [0.4, 0.5) is 11.4 Å². The monoisotopic (exact) mass is 395 g/mol. The molecule has 0 aliphatic carbocycles. The molecule has 0 fully saturated rings. The summed E-state index contributed by atoms with van der Waals surface area (Å²) in [5.74, 6) is 0.234. The molecule has 0 radical (unpaired) electrons. The minimum Gasteiger partial charge on any atom is -0.495 e. The smallest absolute Gasteiger partial charge is 0.257 e. The van der Waals surface area contributed by atoms with Crippen LogP contribution >= 0.6 is 11.6 Å². The summed E-state index contributed by atoms with van der Waals surface area (Å²) >= 11 is 6.12. The number of aryl methyl sites for hydroxylation is 2. The van der Waals surface area contributed by atoms with Gasteiger partial charge in [-0.3, -0.25) is 9.78 Å². The number of hydrogen-bond acceptors (Lipinski definition) is 4. The van der Waals surface area contributed by atoms with Crippen LogP contribution in [0.15, 0.2) is 54.9 Å². The predicted octanol–water partition coefficient (Wildman–Crippen LogP) is 5.22. The number of amides is 1. The van der Waals surface area contributed by atoms with E-state index in [1.54, 1.807) is 24.4 Å². The number of ether oxygens (including phenoxy) is 1. The van der Waals surface area contributed by atoms with Gasteiger partial charge >= 0.3 is 0 Å². The van der Waals surface area contributed by atoms with E-state index in [0.29, 0.717) is 28.6 Å². The van der Waals surface area contributed by atoms with E-state index in [4.69, 9.17) is 16.3 Å². The van der Waals surface area contributed by atoms with E-state index in [2.05, 4.69) is 40.7 Å². The summed E-state index contributed by atoms with van der Waals surface area (Å²) in [6.45, 7) is 4.58. The van der Waals surface area contributed by atoms with Crippen LogP contribution in [0, 0.1) is 13.8 Å². The zero-order chi connectivity index (χ0) is 20.1. The molecule has 28 heavy (non-hydrogen) atoms. The molecule has 0 unspecified atom stereocenters. The van der Waals surface area contributed by atoms with Gasteiger partial charge in [-0.15, -0.1) is 0 Å². The second-order valence-electron chi connectivity index (χ2n) is 6.56. The summed E-state index contributed by atoms with van der Waals surface area (Å²) < 4.78 is 5.31. The van der Waals surface area contributed by atoms with Gasteiger partial charge in [0.1, 0.15) is 5.75 Å². The molecule has 5 nitrogen and oxygen atoms in total. The fourth-order valence-corrected chi connectivity index (χ4v) is 2.96. The van der Waals surface area contributed by atoms with Crippen LogP contribution in [0.3, 0.4) is 0 Å². The molecule has 3 aromatic rings. The molecule has 144 valence electrons. The topological polar surface area (TPSA) is 63.2 Å². The molecule has 6 heteroatoms. The minimum atomic E-state index is -0.272. The molecule has 0 bridgehead atoms. The highest BCUT2D eigenvalue weighted by molar-refractivity contribution is 6.31. The van der Waals surface area contributed by atoms with Gasteiger partial charge in [-0.2, -0.15) is 0 Å². The van der Waals surface area contributed by atoms with Gasteiger partial charge in [0.15, 0.2) is 0 Å². The molecule has 0 saturated heterocycles. The van der Waals surface area contributed by atoms with Crippen molar-refractivity contribution in [3.63, 3.8) is 0 Å². The van der Waals surface area contributed by atoms with Crippen LogP contribution in [-0.4, -0.2) is 18.0 Å². The Kier molecular flexibility index (Phi) is 6.16. The van der Waals surface area contributed by atoms with Crippen LogP contribution in [0.25, 0.3) is 0 Å². The molecule has 2 N–H and O–H groups in total. The average Bonchev–Trinajstić information content (AvgIpc) is 2.69. The Morgan fingerprint density at radius 2 is 1.96 bits per heavy atom. The van der Waals surface area contributed by atoms with Crippen LogP contribution in [-0.2, 0) is 6.54 Å². The van der Waals surface area contributed by atoms with Crippen molar-refractivity contribution in [1.82, 2.24) is 4.98 Å². The fourth-order valence-electron chi connectivity index (χ4n) is 2.81. The Morgan fingerprint density at radius 3 is 2.71 bits per heavy atom. The lowest BCUT2D eigenvalue weighted by atomic mass is 10.1. The number of anilines is 2. The SMILES string of the molecule is COc1cc(Cl)c(C)cc1NC(=O)c1cncc(NCc2cccc(C)c2)c1. The number of rotatable bonds is 6. The summed E-state index contributed by atoms with van der Waals surface area (Å²) in [6.07, 6.45) is 3.22. The van der Waals surface area contributed by atoms with E-state index in [0.717, 1.165) is 16.8 Å². The first-order valence-corrected chi connectivity index (χ1v) is 9.24. The van der Waals surface area contributed by atoms with E-state index in [1.165, 1.54) is 18.9 Å². The first-order chi connectivity index (χ1) is 13.5. The van der Waals surface area contributed by atoms with Crippen molar-refractivity contribution in [2.24, 2.45) is 0 Å². The standard InChI is InChI=1S/C22H22ClN3O2/c1-14-5-4-6-16(7-14)11-25-18-9-17(12-24-13-18)22(27)26-20-8-15(2)19(23)10-21(20)28-3/h4-10,12-13,25H,11H2,1-3H3,(H,26,27). The number of nitrogens with one attached hydrogen (secondary N) is 2. The van der Waals surface area contributed by atoms with E-state index in [9.17, 15) is 4.79 Å². The zero-order valence-electron chi connectivity index (χ0n) is 16.0. The zero-order valence-corrected chi connectivity index (χ0v) is 16.8. The van der Waals surface area contributed by atoms with Crippen molar-refractivity contribution in [2.75, 3.05) is 17.7 Å². The molecule has 3 rings (SSSR count). The first kappa shape index (κ1) is 19.7. The van der Waals surface area contributed by atoms with E-state index in [-0.39, 0.29) is 5.91 Å². The Morgan fingerprint density at radius 1 is 1.14 bits per heavy atom. The van der Waals surface area contributed by atoms with Gasteiger partial charge in [-0.05, 0) is 37.1 Å². The molecule has 1 amide bonds. The lowest BCUT2D eigenvalue weighted by molar-refractivity contribution is 0.102. The van der Waals surface area contributed by atoms with E-state index < -0.39 is 0 Å². The second kappa shape index (κ2) is 8.76. The van der Waals surface area contributed by atoms with Crippen molar-refractivity contribution in [3.8, 4) is 5.75 Å². The third kappa shape index (κ3) is 4.81. The molecule has 1 aromatic heterocycles. The van der Waals surface area contributed by atoms with Gasteiger partial charge in [0.05, 0.1) is 24.0 Å². The van der Waals surface area contributed by atoms with Gasteiger partial charge in [0.25, 0.3) is 5.91 Å². The van der Waals surface area contributed by atoms with Gasteiger partial charge in [-0.25, -0.2) is 0 Å². The summed E-state index contributed by atoms with van der Waals surface area (Å²) in [5.41, 5.74) is 5.00. The number of carbonyl (C=O) groups excluding carboxylic acids is 1. The summed E-state index contributed by atoms with van der Waals surface area (Å²) in [6, 6.07) is 13.5. The fraction of sp³-hybridized carbons (Fsp3) is 0.182. The van der Waals surface area contributed by atoms with Crippen molar-refractivity contribution < 1.29 is 9.53 Å². The Hall–Kier alpha value is -3.05. The number of nitrogens with zero attached hydrogens (tertiary/aromatic N) is 1. The van der Waals surface area contributed by atoms with E-state index in [1.807, 2.05) is 13.0 Å². The third-order valence-electron chi connectivity index (χ3n) is 4.31. The summed E-state index contributed by atoms with van der Waals surface area (Å²) in [7, 11) is 1.54. The summed E-state index contributed by atoms with van der Waals surface area (Å²) in [4.78, 5) is 16.9. The third-order valence-corrected chi connectivity index (χ3v) is 4.72. The average molecular weight is 396 g/mol. The van der Waals surface area contributed by atoms with Gasteiger partial charge in [0, 0.05) is 30.0 Å². The molecule has 0 atom stereocenters. The minimum absolute atomic E-state index is 0.272.